The summed E-state index contributed by atoms with van der Waals surface area (Å²) in [6, 6.07) is 3.66. The first-order chi connectivity index (χ1) is 8.99. The molecule has 106 valence electrons. The summed E-state index contributed by atoms with van der Waals surface area (Å²) < 4.78 is 1.03. The molecule has 2 amide bonds. The Morgan fingerprint density at radius 2 is 2.16 bits per heavy atom. The average molecular weight is 349 g/mol. The van der Waals surface area contributed by atoms with Crippen LogP contribution in [0.2, 0.25) is 0 Å². The van der Waals surface area contributed by atoms with Crippen LogP contribution < -0.4 is 10.6 Å². The molecular formula is C12H17BrN2O3S. The van der Waals surface area contributed by atoms with E-state index in [0.717, 1.165) is 8.66 Å². The smallest absolute Gasteiger partial charge is 0.315 e. The first kappa shape index (κ1) is 16.0. The maximum atomic E-state index is 11.5. The fraction of sp³-hybridized carbons (Fsp3) is 0.500. The molecule has 1 atom stereocenters. The highest BCUT2D eigenvalue weighted by molar-refractivity contribution is 9.11. The monoisotopic (exact) mass is 348 g/mol. The van der Waals surface area contributed by atoms with Gasteiger partial charge >= 0.3 is 12.0 Å². The maximum Gasteiger partial charge on any atom is 0.315 e. The Morgan fingerprint density at radius 3 is 2.74 bits per heavy atom. The number of carbonyl (C=O) groups is 2. The van der Waals surface area contributed by atoms with Gasteiger partial charge in [-0.3, -0.25) is 4.79 Å². The molecule has 0 aliphatic carbocycles. The SMILES string of the molecule is CC(CCCNC(=O)NCc1ccc(Br)s1)C(=O)O. The molecule has 1 aromatic heterocycles. The molecule has 1 heterocycles. The molecule has 3 N–H and O–H groups in total. The second-order valence-electron chi connectivity index (χ2n) is 4.20. The van der Waals surface area contributed by atoms with Crippen LogP contribution in [-0.4, -0.2) is 23.7 Å². The fourth-order valence-corrected chi connectivity index (χ4v) is 2.83. The Morgan fingerprint density at radius 1 is 1.42 bits per heavy atom. The van der Waals surface area contributed by atoms with E-state index in [4.69, 9.17) is 5.11 Å². The number of thiophene rings is 1. The van der Waals surface area contributed by atoms with E-state index < -0.39 is 5.97 Å². The van der Waals surface area contributed by atoms with E-state index in [1.807, 2.05) is 12.1 Å². The zero-order chi connectivity index (χ0) is 14.3. The second kappa shape index (κ2) is 8.16. The molecule has 19 heavy (non-hydrogen) atoms. The van der Waals surface area contributed by atoms with Crippen LogP contribution >= 0.6 is 27.3 Å². The van der Waals surface area contributed by atoms with Crippen molar-refractivity contribution in [2.75, 3.05) is 6.54 Å². The molecule has 0 fully saturated rings. The Bertz CT molecular complexity index is 436. The summed E-state index contributed by atoms with van der Waals surface area (Å²) in [5, 5.41) is 14.2. The standard InChI is InChI=1S/C12H17BrN2O3S/c1-8(11(16)17)3-2-6-14-12(18)15-7-9-4-5-10(13)19-9/h4-5,8H,2-3,6-7H2,1H3,(H,16,17)(H2,14,15,18). The van der Waals surface area contributed by atoms with E-state index in [1.54, 1.807) is 18.3 Å². The molecule has 0 aliphatic rings. The van der Waals surface area contributed by atoms with Gasteiger partial charge in [0.05, 0.1) is 16.2 Å². The number of carbonyl (C=O) groups excluding carboxylic acids is 1. The quantitative estimate of drug-likeness (QED) is 0.663. The third-order valence-electron chi connectivity index (χ3n) is 2.57. The van der Waals surface area contributed by atoms with Crippen LogP contribution in [0.1, 0.15) is 24.6 Å². The third-order valence-corrected chi connectivity index (χ3v) is 4.20. The van der Waals surface area contributed by atoms with E-state index in [1.165, 1.54) is 0 Å². The van der Waals surface area contributed by atoms with Gasteiger partial charge in [-0.15, -0.1) is 11.3 Å². The van der Waals surface area contributed by atoms with Crippen molar-refractivity contribution in [3.8, 4) is 0 Å². The number of nitrogens with one attached hydrogen (secondary N) is 2. The van der Waals surface area contributed by atoms with Crippen LogP contribution in [-0.2, 0) is 11.3 Å². The van der Waals surface area contributed by atoms with E-state index in [0.29, 0.717) is 25.9 Å². The zero-order valence-corrected chi connectivity index (χ0v) is 13.0. The molecule has 0 saturated carbocycles. The molecule has 1 unspecified atom stereocenters. The number of rotatable bonds is 7. The number of carboxylic acids is 1. The van der Waals surface area contributed by atoms with Crippen molar-refractivity contribution in [3.63, 3.8) is 0 Å². The highest BCUT2D eigenvalue weighted by Gasteiger charge is 2.10. The van der Waals surface area contributed by atoms with Crippen molar-refractivity contribution < 1.29 is 14.7 Å². The summed E-state index contributed by atoms with van der Waals surface area (Å²) >= 11 is 4.93. The van der Waals surface area contributed by atoms with Gasteiger partial charge in [0.25, 0.3) is 0 Å². The lowest BCUT2D eigenvalue weighted by Crippen LogP contribution is -2.35. The Balaban J connectivity index is 2.10. The number of hydrogen-bond acceptors (Lipinski definition) is 3. The number of aliphatic carboxylic acids is 1. The highest BCUT2D eigenvalue weighted by atomic mass is 79.9. The molecule has 7 heteroatoms. The van der Waals surface area contributed by atoms with E-state index in [9.17, 15) is 9.59 Å². The summed E-state index contributed by atoms with van der Waals surface area (Å²) in [5.41, 5.74) is 0. The molecule has 1 rings (SSSR count). The molecule has 0 radical (unpaired) electrons. The van der Waals surface area contributed by atoms with E-state index >= 15 is 0 Å². The maximum absolute atomic E-state index is 11.5. The summed E-state index contributed by atoms with van der Waals surface area (Å²) in [7, 11) is 0. The Kier molecular flexibility index (Phi) is 6.86. The van der Waals surface area contributed by atoms with Crippen molar-refractivity contribution in [2.45, 2.75) is 26.3 Å². The van der Waals surface area contributed by atoms with Gasteiger partial charge < -0.3 is 15.7 Å². The summed E-state index contributed by atoms with van der Waals surface area (Å²) in [6.07, 6.45) is 1.22. The van der Waals surface area contributed by atoms with Gasteiger partial charge in [-0.1, -0.05) is 6.92 Å². The Labute approximate surface area is 124 Å². The van der Waals surface area contributed by atoms with Crippen LogP contribution in [0.25, 0.3) is 0 Å². The molecule has 1 aromatic rings. The van der Waals surface area contributed by atoms with Crippen LogP contribution in [0, 0.1) is 5.92 Å². The van der Waals surface area contributed by atoms with Crippen molar-refractivity contribution in [3.05, 3.63) is 20.8 Å². The first-order valence-corrected chi connectivity index (χ1v) is 7.58. The van der Waals surface area contributed by atoms with Gasteiger partial charge in [0.2, 0.25) is 0 Å². The normalized spacial score (nSPS) is 11.9. The fourth-order valence-electron chi connectivity index (χ4n) is 1.41. The van der Waals surface area contributed by atoms with Gasteiger partial charge in [-0.2, -0.15) is 0 Å². The van der Waals surface area contributed by atoms with Gasteiger partial charge in [0, 0.05) is 11.4 Å². The predicted octanol–water partition coefficient (Wildman–Crippen LogP) is 2.81. The molecular weight excluding hydrogens is 332 g/mol. The molecule has 0 bridgehead atoms. The lowest BCUT2D eigenvalue weighted by Gasteiger charge is -2.08. The number of halogens is 1. The van der Waals surface area contributed by atoms with Crippen molar-refractivity contribution >= 4 is 39.3 Å². The summed E-state index contributed by atoms with van der Waals surface area (Å²) in [6.45, 7) is 2.64. The van der Waals surface area contributed by atoms with Crippen molar-refractivity contribution in [2.24, 2.45) is 5.92 Å². The van der Waals surface area contributed by atoms with Crippen LogP contribution in [0.15, 0.2) is 15.9 Å². The van der Waals surface area contributed by atoms with E-state index in [2.05, 4.69) is 26.6 Å². The van der Waals surface area contributed by atoms with Gasteiger partial charge in [0.15, 0.2) is 0 Å². The third kappa shape index (κ3) is 6.58. The second-order valence-corrected chi connectivity index (χ2v) is 6.74. The zero-order valence-electron chi connectivity index (χ0n) is 10.6. The number of carboxylic acid groups (broad SMARTS) is 1. The first-order valence-electron chi connectivity index (χ1n) is 5.97. The summed E-state index contributed by atoms with van der Waals surface area (Å²) in [4.78, 5) is 23.1. The minimum atomic E-state index is -0.798. The number of hydrogen-bond donors (Lipinski definition) is 3. The molecule has 0 aliphatic heterocycles. The Hall–Kier alpha value is -1.08. The van der Waals surface area contributed by atoms with E-state index in [-0.39, 0.29) is 11.9 Å². The largest absolute Gasteiger partial charge is 0.481 e. The summed E-state index contributed by atoms with van der Waals surface area (Å²) in [5.74, 6) is -1.17. The average Bonchev–Trinajstić information content (AvgIpc) is 2.77. The van der Waals surface area contributed by atoms with Gasteiger partial charge in [-0.05, 0) is 40.9 Å². The van der Waals surface area contributed by atoms with Crippen molar-refractivity contribution in [1.82, 2.24) is 10.6 Å². The minimum absolute atomic E-state index is 0.229. The lowest BCUT2D eigenvalue weighted by atomic mass is 10.1. The lowest BCUT2D eigenvalue weighted by molar-refractivity contribution is -0.141. The number of urea groups is 1. The molecule has 5 nitrogen and oxygen atoms in total. The van der Waals surface area contributed by atoms with Gasteiger partial charge in [-0.25, -0.2) is 4.79 Å². The topological polar surface area (TPSA) is 78.4 Å². The van der Waals surface area contributed by atoms with Crippen LogP contribution in [0.5, 0.6) is 0 Å². The predicted molar refractivity (Wildman–Crippen MR) is 78.3 cm³/mol. The van der Waals surface area contributed by atoms with Crippen LogP contribution in [0.4, 0.5) is 4.79 Å². The number of amides is 2. The van der Waals surface area contributed by atoms with Crippen molar-refractivity contribution in [1.29, 1.82) is 0 Å². The molecule has 0 saturated heterocycles. The molecule has 0 spiro atoms. The van der Waals surface area contributed by atoms with Crippen LogP contribution in [0.3, 0.4) is 0 Å². The van der Waals surface area contributed by atoms with Gasteiger partial charge in [0.1, 0.15) is 0 Å². The highest BCUT2D eigenvalue weighted by Crippen LogP contribution is 2.21. The minimum Gasteiger partial charge on any atom is -0.481 e. The molecule has 0 aromatic carbocycles.